The van der Waals surface area contributed by atoms with Crippen LogP contribution in [0, 0.1) is 0 Å². The first-order chi connectivity index (χ1) is 9.70. The highest BCUT2D eigenvalue weighted by Gasteiger charge is 2.10. The van der Waals surface area contributed by atoms with Gasteiger partial charge in [-0.05, 0) is 42.8 Å². The molecule has 0 spiro atoms. The molecule has 0 aliphatic heterocycles. The molecule has 0 radical (unpaired) electrons. The normalized spacial score (nSPS) is 10.9. The number of halogens is 1. The standard InChI is InChI=1S/C16H13BrN2O/c1-2-19-15-12(6-4-8-18-15)10-14(16(19)20)11-5-3-7-13(17)9-11/h3-10H,2H2,1H3. The Labute approximate surface area is 125 Å². The van der Waals surface area contributed by atoms with Crippen LogP contribution >= 0.6 is 15.9 Å². The number of rotatable bonds is 2. The van der Waals surface area contributed by atoms with Crippen molar-refractivity contribution in [2.24, 2.45) is 0 Å². The number of benzene rings is 1. The molecule has 0 aliphatic carbocycles. The Morgan fingerprint density at radius 1 is 1.20 bits per heavy atom. The maximum Gasteiger partial charge on any atom is 0.260 e. The molecule has 2 heterocycles. The Bertz CT molecular complexity index is 839. The first kappa shape index (κ1) is 13.1. The van der Waals surface area contributed by atoms with E-state index in [-0.39, 0.29) is 5.56 Å². The largest absolute Gasteiger partial charge is 0.292 e. The Morgan fingerprint density at radius 3 is 2.80 bits per heavy atom. The minimum absolute atomic E-state index is 0.00296. The molecule has 1 aromatic carbocycles. The van der Waals surface area contributed by atoms with E-state index in [1.807, 2.05) is 49.4 Å². The average Bonchev–Trinajstić information content (AvgIpc) is 2.46. The van der Waals surface area contributed by atoms with Crippen molar-refractivity contribution in [3.8, 4) is 11.1 Å². The van der Waals surface area contributed by atoms with E-state index in [9.17, 15) is 4.79 Å². The number of nitrogens with zero attached hydrogens (tertiary/aromatic N) is 2. The molecule has 0 aliphatic rings. The maximum absolute atomic E-state index is 12.6. The summed E-state index contributed by atoms with van der Waals surface area (Å²) in [4.78, 5) is 17.0. The van der Waals surface area contributed by atoms with Crippen LogP contribution in [0.1, 0.15) is 6.92 Å². The van der Waals surface area contributed by atoms with Crippen LogP contribution in [-0.4, -0.2) is 9.55 Å². The van der Waals surface area contributed by atoms with Crippen molar-refractivity contribution in [1.82, 2.24) is 9.55 Å². The summed E-state index contributed by atoms with van der Waals surface area (Å²) in [5.74, 6) is 0. The highest BCUT2D eigenvalue weighted by Crippen LogP contribution is 2.23. The fraction of sp³-hybridized carbons (Fsp3) is 0.125. The minimum Gasteiger partial charge on any atom is -0.292 e. The van der Waals surface area contributed by atoms with E-state index in [2.05, 4.69) is 20.9 Å². The molecule has 100 valence electrons. The van der Waals surface area contributed by atoms with Gasteiger partial charge in [-0.1, -0.05) is 28.1 Å². The molecule has 0 atom stereocenters. The van der Waals surface area contributed by atoms with Crippen LogP contribution in [0.4, 0.5) is 0 Å². The summed E-state index contributed by atoms with van der Waals surface area (Å²) in [7, 11) is 0. The van der Waals surface area contributed by atoms with Crippen LogP contribution in [0.2, 0.25) is 0 Å². The molecule has 0 saturated carbocycles. The van der Waals surface area contributed by atoms with Crippen molar-refractivity contribution in [2.75, 3.05) is 0 Å². The number of hydrogen-bond donors (Lipinski definition) is 0. The Kier molecular flexibility index (Phi) is 3.40. The Hall–Kier alpha value is -1.94. The van der Waals surface area contributed by atoms with Gasteiger partial charge in [0.1, 0.15) is 5.65 Å². The van der Waals surface area contributed by atoms with Crippen LogP contribution in [0.15, 0.2) is 57.9 Å². The van der Waals surface area contributed by atoms with Gasteiger partial charge >= 0.3 is 0 Å². The van der Waals surface area contributed by atoms with Crippen molar-refractivity contribution in [1.29, 1.82) is 0 Å². The highest BCUT2D eigenvalue weighted by molar-refractivity contribution is 9.10. The summed E-state index contributed by atoms with van der Waals surface area (Å²) in [6, 6.07) is 13.6. The molecule has 3 rings (SSSR count). The van der Waals surface area contributed by atoms with E-state index >= 15 is 0 Å². The second kappa shape index (κ2) is 5.21. The Balaban J connectivity index is 2.37. The summed E-state index contributed by atoms with van der Waals surface area (Å²) in [5, 5.41) is 0.976. The van der Waals surface area contributed by atoms with Gasteiger partial charge < -0.3 is 0 Å². The van der Waals surface area contributed by atoms with Crippen molar-refractivity contribution in [3.63, 3.8) is 0 Å². The fourth-order valence-corrected chi connectivity index (χ4v) is 2.76. The molecular weight excluding hydrogens is 316 g/mol. The van der Waals surface area contributed by atoms with E-state index < -0.39 is 0 Å². The molecular formula is C16H13BrN2O. The van der Waals surface area contributed by atoms with Gasteiger partial charge in [0.05, 0.1) is 0 Å². The SMILES string of the molecule is CCn1c(=O)c(-c2cccc(Br)c2)cc2cccnc21. The van der Waals surface area contributed by atoms with Crippen molar-refractivity contribution < 1.29 is 0 Å². The third-order valence-electron chi connectivity index (χ3n) is 3.30. The highest BCUT2D eigenvalue weighted by atomic mass is 79.9. The molecule has 3 nitrogen and oxygen atoms in total. The lowest BCUT2D eigenvalue weighted by molar-refractivity contribution is 0.751. The van der Waals surface area contributed by atoms with Gasteiger partial charge in [-0.15, -0.1) is 0 Å². The molecule has 0 fully saturated rings. The molecule has 0 N–H and O–H groups in total. The van der Waals surface area contributed by atoms with E-state index in [4.69, 9.17) is 0 Å². The van der Waals surface area contributed by atoms with Crippen molar-refractivity contribution >= 4 is 27.0 Å². The molecule has 4 heteroatoms. The summed E-state index contributed by atoms with van der Waals surface area (Å²) in [5.41, 5.74) is 2.35. The van der Waals surface area contributed by atoms with E-state index in [1.165, 1.54) is 0 Å². The first-order valence-corrected chi connectivity index (χ1v) is 7.24. The van der Waals surface area contributed by atoms with Crippen LogP contribution in [0.3, 0.4) is 0 Å². The fourth-order valence-electron chi connectivity index (χ4n) is 2.36. The van der Waals surface area contributed by atoms with Gasteiger partial charge in [-0.3, -0.25) is 9.36 Å². The van der Waals surface area contributed by atoms with Gasteiger partial charge in [0.2, 0.25) is 0 Å². The van der Waals surface area contributed by atoms with Gasteiger partial charge in [-0.25, -0.2) is 4.98 Å². The van der Waals surface area contributed by atoms with E-state index in [0.29, 0.717) is 12.1 Å². The number of aryl methyl sites for hydroxylation is 1. The minimum atomic E-state index is -0.00296. The van der Waals surface area contributed by atoms with Crippen LogP contribution < -0.4 is 5.56 Å². The molecule has 3 aromatic rings. The molecule has 0 amide bonds. The summed E-state index contributed by atoms with van der Waals surface area (Å²) in [6.07, 6.45) is 1.71. The van der Waals surface area contributed by atoms with Gasteiger partial charge in [0, 0.05) is 28.2 Å². The van der Waals surface area contributed by atoms with Gasteiger partial charge in [-0.2, -0.15) is 0 Å². The van der Waals surface area contributed by atoms with Gasteiger partial charge in [0.25, 0.3) is 5.56 Å². The predicted octanol–water partition coefficient (Wildman–Crippen LogP) is 3.85. The third kappa shape index (κ3) is 2.16. The maximum atomic E-state index is 12.6. The topological polar surface area (TPSA) is 34.9 Å². The average molecular weight is 329 g/mol. The smallest absolute Gasteiger partial charge is 0.260 e. The monoisotopic (exact) mass is 328 g/mol. The number of hydrogen-bond acceptors (Lipinski definition) is 2. The van der Waals surface area contributed by atoms with Gasteiger partial charge in [0.15, 0.2) is 0 Å². The zero-order chi connectivity index (χ0) is 14.1. The van der Waals surface area contributed by atoms with Crippen LogP contribution in [0.25, 0.3) is 22.2 Å². The summed E-state index contributed by atoms with van der Waals surface area (Å²) < 4.78 is 2.68. The molecule has 20 heavy (non-hydrogen) atoms. The van der Waals surface area contributed by atoms with Crippen LogP contribution in [0.5, 0.6) is 0 Å². The predicted molar refractivity (Wildman–Crippen MR) is 84.8 cm³/mol. The quantitative estimate of drug-likeness (QED) is 0.716. The molecule has 0 bridgehead atoms. The zero-order valence-electron chi connectivity index (χ0n) is 11.0. The molecule has 0 unspecified atom stereocenters. The second-order valence-corrected chi connectivity index (χ2v) is 5.45. The van der Waals surface area contributed by atoms with Crippen molar-refractivity contribution in [3.05, 3.63) is 63.5 Å². The van der Waals surface area contributed by atoms with E-state index in [0.717, 1.165) is 21.1 Å². The summed E-state index contributed by atoms with van der Waals surface area (Å²) >= 11 is 3.45. The Morgan fingerprint density at radius 2 is 2.05 bits per heavy atom. The summed E-state index contributed by atoms with van der Waals surface area (Å²) in [6.45, 7) is 2.56. The lowest BCUT2D eigenvalue weighted by Crippen LogP contribution is -2.21. The first-order valence-electron chi connectivity index (χ1n) is 6.45. The van der Waals surface area contributed by atoms with Crippen molar-refractivity contribution in [2.45, 2.75) is 13.5 Å². The third-order valence-corrected chi connectivity index (χ3v) is 3.79. The second-order valence-electron chi connectivity index (χ2n) is 4.53. The zero-order valence-corrected chi connectivity index (χ0v) is 12.6. The number of fused-ring (bicyclic) bond motifs is 1. The number of pyridine rings is 2. The molecule has 0 saturated heterocycles. The molecule has 2 aromatic heterocycles. The lowest BCUT2D eigenvalue weighted by atomic mass is 10.1. The van der Waals surface area contributed by atoms with E-state index in [1.54, 1.807) is 10.8 Å². The van der Waals surface area contributed by atoms with Crippen LogP contribution in [-0.2, 0) is 6.54 Å². The number of aromatic nitrogens is 2. The lowest BCUT2D eigenvalue weighted by Gasteiger charge is -2.10.